The molecule has 7 heteroatoms. The van der Waals surface area contributed by atoms with E-state index >= 15 is 0 Å². The molecule has 0 amide bonds. The van der Waals surface area contributed by atoms with Crippen LogP contribution < -0.4 is 9.47 Å². The standard InChI is InChI=1S/C20H19BrO6/c1-24-18-8-7-14(21)11-17(18)20(23)27-15-5-2-4-13(10-15)19(22)26-12-16-6-3-9-25-16/h2,4-5,7-8,10-11,16H,3,6,9,12H2,1H3. The summed E-state index contributed by atoms with van der Waals surface area (Å²) in [5, 5.41) is 0. The molecule has 142 valence electrons. The maximum atomic E-state index is 12.5. The molecule has 0 bridgehead atoms. The quantitative estimate of drug-likeness (QED) is 0.505. The topological polar surface area (TPSA) is 71.1 Å². The fourth-order valence-corrected chi connectivity index (χ4v) is 3.08. The van der Waals surface area contributed by atoms with Gasteiger partial charge in [-0.1, -0.05) is 22.0 Å². The van der Waals surface area contributed by atoms with Crippen LogP contribution in [0.4, 0.5) is 0 Å². The molecule has 0 N–H and O–H groups in total. The van der Waals surface area contributed by atoms with Crippen molar-refractivity contribution in [3.05, 3.63) is 58.1 Å². The van der Waals surface area contributed by atoms with Crippen molar-refractivity contribution in [3.8, 4) is 11.5 Å². The number of carbonyl (C=O) groups is 2. The second-order valence-electron chi connectivity index (χ2n) is 6.00. The fourth-order valence-electron chi connectivity index (χ4n) is 2.72. The maximum absolute atomic E-state index is 12.5. The largest absolute Gasteiger partial charge is 0.496 e. The third kappa shape index (κ3) is 5.08. The van der Waals surface area contributed by atoms with Gasteiger partial charge in [-0.3, -0.25) is 0 Å². The minimum absolute atomic E-state index is 0.0426. The van der Waals surface area contributed by atoms with Gasteiger partial charge in [-0.05, 0) is 49.2 Å². The molecule has 0 aliphatic carbocycles. The van der Waals surface area contributed by atoms with Gasteiger partial charge < -0.3 is 18.9 Å². The lowest BCUT2D eigenvalue weighted by Crippen LogP contribution is -2.18. The lowest BCUT2D eigenvalue weighted by Gasteiger charge is -2.11. The van der Waals surface area contributed by atoms with E-state index in [2.05, 4.69) is 15.9 Å². The predicted molar refractivity (Wildman–Crippen MR) is 101 cm³/mol. The highest BCUT2D eigenvalue weighted by molar-refractivity contribution is 9.10. The number of halogens is 1. The van der Waals surface area contributed by atoms with E-state index < -0.39 is 11.9 Å². The molecular weight excluding hydrogens is 416 g/mol. The first kappa shape index (κ1) is 19.4. The van der Waals surface area contributed by atoms with Crippen molar-refractivity contribution in [2.75, 3.05) is 20.3 Å². The summed E-state index contributed by atoms with van der Waals surface area (Å²) >= 11 is 3.32. The smallest absolute Gasteiger partial charge is 0.347 e. The molecule has 27 heavy (non-hydrogen) atoms. The van der Waals surface area contributed by atoms with E-state index in [9.17, 15) is 9.59 Å². The van der Waals surface area contributed by atoms with Gasteiger partial charge in [-0.2, -0.15) is 0 Å². The Morgan fingerprint density at radius 3 is 2.78 bits per heavy atom. The minimum Gasteiger partial charge on any atom is -0.496 e. The Hall–Kier alpha value is -2.38. The summed E-state index contributed by atoms with van der Waals surface area (Å²) in [6, 6.07) is 11.3. The molecule has 1 aliphatic rings. The number of benzene rings is 2. The van der Waals surface area contributed by atoms with E-state index in [1.807, 2.05) is 0 Å². The highest BCUT2D eigenvalue weighted by Gasteiger charge is 2.19. The van der Waals surface area contributed by atoms with E-state index in [0.29, 0.717) is 17.9 Å². The van der Waals surface area contributed by atoms with Crippen molar-refractivity contribution in [2.45, 2.75) is 18.9 Å². The van der Waals surface area contributed by atoms with E-state index in [1.165, 1.54) is 13.2 Å². The van der Waals surface area contributed by atoms with Crippen LogP contribution in [0.2, 0.25) is 0 Å². The van der Waals surface area contributed by atoms with Crippen molar-refractivity contribution in [3.63, 3.8) is 0 Å². The summed E-state index contributed by atoms with van der Waals surface area (Å²) in [5.41, 5.74) is 0.581. The zero-order valence-corrected chi connectivity index (χ0v) is 16.4. The Labute approximate surface area is 165 Å². The molecule has 2 aromatic rings. The van der Waals surface area contributed by atoms with Crippen molar-refractivity contribution >= 4 is 27.9 Å². The SMILES string of the molecule is COc1ccc(Br)cc1C(=O)Oc1cccc(C(=O)OCC2CCCO2)c1. The molecule has 1 fully saturated rings. The number of ether oxygens (including phenoxy) is 4. The van der Waals surface area contributed by atoms with E-state index in [4.69, 9.17) is 18.9 Å². The van der Waals surface area contributed by atoms with E-state index in [-0.39, 0.29) is 24.0 Å². The molecule has 1 heterocycles. The van der Waals surface area contributed by atoms with Crippen LogP contribution in [-0.2, 0) is 9.47 Å². The summed E-state index contributed by atoms with van der Waals surface area (Å²) in [6.07, 6.45) is 1.82. The van der Waals surface area contributed by atoms with Crippen LogP contribution in [0.5, 0.6) is 11.5 Å². The first-order chi connectivity index (χ1) is 13.1. The zero-order valence-electron chi connectivity index (χ0n) is 14.8. The summed E-state index contributed by atoms with van der Waals surface area (Å²) in [4.78, 5) is 24.7. The van der Waals surface area contributed by atoms with Gasteiger partial charge in [0.2, 0.25) is 0 Å². The number of esters is 2. The Morgan fingerprint density at radius 2 is 2.04 bits per heavy atom. The molecule has 1 unspecified atom stereocenters. The van der Waals surface area contributed by atoms with Gasteiger partial charge in [0.15, 0.2) is 0 Å². The second kappa shape index (κ2) is 9.01. The number of hydrogen-bond donors (Lipinski definition) is 0. The number of methoxy groups -OCH3 is 1. The molecule has 1 aliphatic heterocycles. The molecule has 0 radical (unpaired) electrons. The Kier molecular flexibility index (Phi) is 6.47. The number of rotatable bonds is 6. The lowest BCUT2D eigenvalue weighted by molar-refractivity contribution is 0.0161. The summed E-state index contributed by atoms with van der Waals surface area (Å²) in [6.45, 7) is 0.921. The van der Waals surface area contributed by atoms with Crippen molar-refractivity contribution in [1.82, 2.24) is 0 Å². The molecule has 6 nitrogen and oxygen atoms in total. The highest BCUT2D eigenvalue weighted by Crippen LogP contribution is 2.25. The van der Waals surface area contributed by atoms with E-state index in [0.717, 1.165) is 17.3 Å². The normalized spacial score (nSPS) is 16.0. The van der Waals surface area contributed by atoms with Crippen LogP contribution >= 0.6 is 15.9 Å². The van der Waals surface area contributed by atoms with Gasteiger partial charge in [0, 0.05) is 11.1 Å². The van der Waals surface area contributed by atoms with Crippen LogP contribution in [0.1, 0.15) is 33.6 Å². The monoisotopic (exact) mass is 434 g/mol. The summed E-state index contributed by atoms with van der Waals surface area (Å²) in [7, 11) is 1.48. The third-order valence-electron chi connectivity index (χ3n) is 4.09. The molecule has 0 saturated carbocycles. The van der Waals surface area contributed by atoms with Crippen LogP contribution in [-0.4, -0.2) is 38.4 Å². The highest BCUT2D eigenvalue weighted by atomic mass is 79.9. The average molecular weight is 435 g/mol. The van der Waals surface area contributed by atoms with Crippen molar-refractivity contribution < 1.29 is 28.5 Å². The Morgan fingerprint density at radius 1 is 1.19 bits per heavy atom. The first-order valence-corrected chi connectivity index (χ1v) is 9.30. The van der Waals surface area contributed by atoms with Gasteiger partial charge in [0.05, 0.1) is 18.8 Å². The van der Waals surface area contributed by atoms with Gasteiger partial charge in [0.1, 0.15) is 23.7 Å². The van der Waals surface area contributed by atoms with Crippen molar-refractivity contribution in [2.24, 2.45) is 0 Å². The maximum Gasteiger partial charge on any atom is 0.347 e. The predicted octanol–water partition coefficient (Wildman–Crippen LogP) is 4.01. The van der Waals surface area contributed by atoms with Crippen LogP contribution in [0.25, 0.3) is 0 Å². The molecule has 0 spiro atoms. The van der Waals surface area contributed by atoms with Gasteiger partial charge in [-0.25, -0.2) is 9.59 Å². The molecule has 2 aromatic carbocycles. The Balaban J connectivity index is 1.67. The van der Waals surface area contributed by atoms with Gasteiger partial charge >= 0.3 is 11.9 Å². The lowest BCUT2D eigenvalue weighted by atomic mass is 10.2. The fraction of sp³-hybridized carbons (Fsp3) is 0.300. The summed E-state index contributed by atoms with van der Waals surface area (Å²) in [5.74, 6) is -0.426. The molecule has 1 atom stereocenters. The Bertz CT molecular complexity index is 829. The molecule has 1 saturated heterocycles. The van der Waals surface area contributed by atoms with E-state index in [1.54, 1.807) is 36.4 Å². The van der Waals surface area contributed by atoms with Crippen LogP contribution in [0.15, 0.2) is 46.9 Å². The number of carbonyl (C=O) groups excluding carboxylic acids is 2. The molecule has 3 rings (SSSR count). The molecular formula is C20H19BrO6. The first-order valence-electron chi connectivity index (χ1n) is 8.51. The minimum atomic E-state index is -0.585. The van der Waals surface area contributed by atoms with Gasteiger partial charge in [-0.15, -0.1) is 0 Å². The second-order valence-corrected chi connectivity index (χ2v) is 6.91. The zero-order chi connectivity index (χ0) is 19.2. The van der Waals surface area contributed by atoms with Crippen LogP contribution in [0, 0.1) is 0 Å². The molecule has 0 aromatic heterocycles. The van der Waals surface area contributed by atoms with Crippen LogP contribution in [0.3, 0.4) is 0 Å². The number of hydrogen-bond acceptors (Lipinski definition) is 6. The average Bonchev–Trinajstić information content (AvgIpc) is 3.20. The summed E-state index contributed by atoms with van der Waals surface area (Å²) < 4.78 is 22.0. The van der Waals surface area contributed by atoms with Gasteiger partial charge in [0.25, 0.3) is 0 Å². The third-order valence-corrected chi connectivity index (χ3v) is 4.58. The van der Waals surface area contributed by atoms with Crippen molar-refractivity contribution in [1.29, 1.82) is 0 Å².